The number of amides is 1. The smallest absolute Gasteiger partial charge is 0.475 e. The van der Waals surface area contributed by atoms with E-state index in [4.69, 9.17) is 14.6 Å². The molecule has 10 heteroatoms. The number of nitrogens with zero attached hydrogens (tertiary/aromatic N) is 2. The van der Waals surface area contributed by atoms with Gasteiger partial charge in [-0.3, -0.25) is 4.79 Å². The maximum Gasteiger partial charge on any atom is 0.490 e. The number of aliphatic carboxylic acids is 1. The summed E-state index contributed by atoms with van der Waals surface area (Å²) in [7, 11) is 2.07. The number of carboxylic acids is 1. The summed E-state index contributed by atoms with van der Waals surface area (Å²) in [6, 6.07) is 0. The summed E-state index contributed by atoms with van der Waals surface area (Å²) in [6.07, 6.45) is -2.23. The third-order valence-electron chi connectivity index (χ3n) is 4.58. The highest BCUT2D eigenvalue weighted by atomic mass is 19.4. The van der Waals surface area contributed by atoms with Crippen molar-refractivity contribution in [2.75, 3.05) is 39.8 Å². The minimum atomic E-state index is -5.08. The molecule has 6 nitrogen and oxygen atoms in total. The lowest BCUT2D eigenvalue weighted by atomic mass is 9.91. The zero-order chi connectivity index (χ0) is 18.9. The van der Waals surface area contributed by atoms with Gasteiger partial charge in [-0.15, -0.1) is 0 Å². The number of likely N-dealkylation sites (N-methyl/N-ethyl adjacent to an activating group) is 1. The van der Waals surface area contributed by atoms with Crippen LogP contribution in [0.15, 0.2) is 0 Å². The van der Waals surface area contributed by atoms with Crippen LogP contribution in [-0.2, 0) is 14.3 Å². The summed E-state index contributed by atoms with van der Waals surface area (Å²) in [5, 5.41) is 7.12. The van der Waals surface area contributed by atoms with Gasteiger partial charge in [-0.2, -0.15) is 13.2 Å². The number of hydrogen-bond donors (Lipinski definition) is 1. The first-order valence-corrected chi connectivity index (χ1v) is 8.08. The highest BCUT2D eigenvalue weighted by Gasteiger charge is 2.54. The van der Waals surface area contributed by atoms with Crippen LogP contribution in [0, 0.1) is 0 Å². The molecule has 1 atom stereocenters. The number of carboxylic acid groups (broad SMARTS) is 1. The van der Waals surface area contributed by atoms with E-state index in [0.717, 1.165) is 25.9 Å². The molecule has 3 rings (SSSR count). The van der Waals surface area contributed by atoms with E-state index in [1.165, 1.54) is 0 Å². The highest BCUT2D eigenvalue weighted by Crippen LogP contribution is 2.42. The van der Waals surface area contributed by atoms with Crippen LogP contribution in [-0.4, -0.2) is 84.1 Å². The van der Waals surface area contributed by atoms with Crippen LogP contribution in [0.25, 0.3) is 0 Å². The molecule has 3 aliphatic rings. The first-order chi connectivity index (χ1) is 11.5. The summed E-state index contributed by atoms with van der Waals surface area (Å²) in [5.41, 5.74) is -1.80. The lowest BCUT2D eigenvalue weighted by Gasteiger charge is -2.47. The molecule has 1 spiro atoms. The Hall–Kier alpha value is -1.42. The van der Waals surface area contributed by atoms with Crippen LogP contribution < -0.4 is 0 Å². The van der Waals surface area contributed by atoms with Gasteiger partial charge in [0.05, 0.1) is 18.8 Å². The van der Waals surface area contributed by atoms with Crippen molar-refractivity contribution in [3.63, 3.8) is 0 Å². The Balaban J connectivity index is 0.000000277. The molecule has 1 saturated carbocycles. The zero-order valence-corrected chi connectivity index (χ0v) is 13.9. The average molecular weight is 370 g/mol. The summed E-state index contributed by atoms with van der Waals surface area (Å²) < 4.78 is 51.5. The molecule has 144 valence electrons. The fourth-order valence-corrected chi connectivity index (χ4v) is 3.19. The number of carbonyl (C=O) groups excluding carboxylic acids is 1. The number of morpholine rings is 1. The van der Waals surface area contributed by atoms with Crippen LogP contribution >= 0.6 is 0 Å². The number of ether oxygens (including phenoxy) is 1. The summed E-state index contributed by atoms with van der Waals surface area (Å²) in [6.45, 7) is 3.55. The number of rotatable bonds is 1. The molecule has 0 aromatic heterocycles. The van der Waals surface area contributed by atoms with E-state index in [9.17, 15) is 22.4 Å². The second-order valence-electron chi connectivity index (χ2n) is 6.87. The Morgan fingerprint density at radius 3 is 2.20 bits per heavy atom. The molecular formula is C15H22F4N2O4. The van der Waals surface area contributed by atoms with E-state index in [1.54, 1.807) is 4.90 Å². The third kappa shape index (κ3) is 5.04. The Kier molecular flexibility index (Phi) is 5.62. The van der Waals surface area contributed by atoms with Gasteiger partial charge >= 0.3 is 12.1 Å². The van der Waals surface area contributed by atoms with Crippen LogP contribution in [0.1, 0.15) is 25.7 Å². The van der Waals surface area contributed by atoms with Crippen LogP contribution in [0.2, 0.25) is 0 Å². The Morgan fingerprint density at radius 2 is 1.72 bits per heavy atom. The first-order valence-electron chi connectivity index (χ1n) is 8.08. The quantitative estimate of drug-likeness (QED) is 0.708. The van der Waals surface area contributed by atoms with Gasteiger partial charge in [0.15, 0.2) is 5.67 Å². The molecule has 3 fully saturated rings. The monoisotopic (exact) mass is 370 g/mol. The summed E-state index contributed by atoms with van der Waals surface area (Å²) in [4.78, 5) is 24.9. The first kappa shape index (κ1) is 19.9. The Labute approximate surface area is 142 Å². The standard InChI is InChI=1S/C13H21FN2O2.C2HF3O2/c1-15-6-2-3-12(9-15)10-16(7-8-18-12)11(17)13(14)4-5-13;3-2(4,5)1(6)7/h2-10H2,1H3;(H,6,7). The molecule has 1 aliphatic carbocycles. The van der Waals surface area contributed by atoms with Crippen molar-refractivity contribution < 1.29 is 37.0 Å². The second kappa shape index (κ2) is 7.06. The average Bonchev–Trinajstić information content (AvgIpc) is 3.25. The van der Waals surface area contributed by atoms with Crippen LogP contribution in [0.4, 0.5) is 17.6 Å². The molecule has 1 unspecified atom stereocenters. The number of alkyl halides is 4. The topological polar surface area (TPSA) is 70.1 Å². The highest BCUT2D eigenvalue weighted by molar-refractivity contribution is 5.88. The number of hydrogen-bond acceptors (Lipinski definition) is 4. The molecule has 0 bridgehead atoms. The number of likely N-dealkylation sites (tertiary alicyclic amines) is 1. The van der Waals surface area contributed by atoms with Crippen LogP contribution in [0.5, 0.6) is 0 Å². The van der Waals surface area contributed by atoms with E-state index in [-0.39, 0.29) is 11.5 Å². The van der Waals surface area contributed by atoms with E-state index in [0.29, 0.717) is 32.5 Å². The van der Waals surface area contributed by atoms with Crippen LogP contribution in [0.3, 0.4) is 0 Å². The minimum Gasteiger partial charge on any atom is -0.475 e. The molecule has 2 saturated heterocycles. The maximum atomic E-state index is 13.9. The van der Waals surface area contributed by atoms with Gasteiger partial charge in [-0.25, -0.2) is 9.18 Å². The predicted molar refractivity (Wildman–Crippen MR) is 78.8 cm³/mol. The van der Waals surface area contributed by atoms with Crippen molar-refractivity contribution in [1.82, 2.24) is 9.80 Å². The van der Waals surface area contributed by atoms with Gasteiger partial charge in [0, 0.05) is 13.1 Å². The Morgan fingerprint density at radius 1 is 1.12 bits per heavy atom. The zero-order valence-electron chi connectivity index (χ0n) is 13.9. The molecule has 2 aliphatic heterocycles. The molecule has 0 aromatic carbocycles. The SMILES string of the molecule is CN1CCCC2(C1)CN(C(=O)C1(F)CC1)CCO2.O=C(O)C(F)(F)F. The molecule has 0 aromatic rings. The van der Waals surface area contributed by atoms with E-state index in [1.807, 2.05) is 0 Å². The maximum absolute atomic E-state index is 13.9. The van der Waals surface area contributed by atoms with Gasteiger partial charge in [0.1, 0.15) is 0 Å². The van der Waals surface area contributed by atoms with E-state index < -0.39 is 17.8 Å². The molecule has 1 N–H and O–H groups in total. The van der Waals surface area contributed by atoms with Gasteiger partial charge < -0.3 is 19.6 Å². The largest absolute Gasteiger partial charge is 0.490 e. The van der Waals surface area contributed by atoms with Crippen molar-refractivity contribution in [2.45, 2.75) is 43.1 Å². The molecule has 1 amide bonds. The normalized spacial score (nSPS) is 28.9. The van der Waals surface area contributed by atoms with Crippen molar-refractivity contribution in [3.8, 4) is 0 Å². The van der Waals surface area contributed by atoms with E-state index in [2.05, 4.69) is 11.9 Å². The van der Waals surface area contributed by atoms with Crippen molar-refractivity contribution in [3.05, 3.63) is 0 Å². The van der Waals surface area contributed by atoms with Crippen molar-refractivity contribution in [2.24, 2.45) is 0 Å². The van der Waals surface area contributed by atoms with E-state index >= 15 is 0 Å². The molecular weight excluding hydrogens is 348 g/mol. The molecule has 2 heterocycles. The Bertz CT molecular complexity index is 520. The number of piperidine rings is 1. The molecule has 25 heavy (non-hydrogen) atoms. The lowest BCUT2D eigenvalue weighted by Crippen LogP contribution is -2.61. The van der Waals surface area contributed by atoms with Gasteiger partial charge in [-0.05, 0) is 39.3 Å². The summed E-state index contributed by atoms with van der Waals surface area (Å²) in [5.74, 6) is -3.06. The van der Waals surface area contributed by atoms with Gasteiger partial charge in [0.2, 0.25) is 0 Å². The lowest BCUT2D eigenvalue weighted by molar-refractivity contribution is -0.192. The van der Waals surface area contributed by atoms with Crippen molar-refractivity contribution >= 4 is 11.9 Å². The second-order valence-corrected chi connectivity index (χ2v) is 6.87. The fourth-order valence-electron chi connectivity index (χ4n) is 3.19. The number of carbonyl (C=O) groups is 2. The van der Waals surface area contributed by atoms with Gasteiger partial charge in [0.25, 0.3) is 5.91 Å². The van der Waals surface area contributed by atoms with Crippen molar-refractivity contribution in [1.29, 1.82) is 0 Å². The number of halogens is 4. The van der Waals surface area contributed by atoms with Gasteiger partial charge in [-0.1, -0.05) is 0 Å². The molecule has 0 radical (unpaired) electrons. The predicted octanol–water partition coefficient (Wildman–Crippen LogP) is 1.44. The third-order valence-corrected chi connectivity index (χ3v) is 4.58. The summed E-state index contributed by atoms with van der Waals surface area (Å²) >= 11 is 0. The minimum absolute atomic E-state index is 0.258. The fraction of sp³-hybridized carbons (Fsp3) is 0.867.